The number of urea groups is 1. The minimum absolute atomic E-state index is 0.282. The maximum Gasteiger partial charge on any atom is 0.339 e. The van der Waals surface area contributed by atoms with Gasteiger partial charge in [-0.1, -0.05) is 36.8 Å². The lowest BCUT2D eigenvalue weighted by atomic mass is 9.90. The Kier molecular flexibility index (Phi) is 9.25. The highest BCUT2D eigenvalue weighted by Gasteiger charge is 2.38. The average molecular weight is 386 g/mol. The number of rotatable bonds is 7. The number of anilines is 1. The predicted molar refractivity (Wildman–Crippen MR) is 112 cm³/mol. The number of carbonyl (C=O) groups excluding carboxylic acids is 1. The van der Waals surface area contributed by atoms with Gasteiger partial charge in [0, 0.05) is 18.3 Å². The fraction of sp³-hybridized carbons (Fsp3) is 0.500. The number of nitrogens with zero attached hydrogens (tertiary/aromatic N) is 1. The summed E-state index contributed by atoms with van der Waals surface area (Å²) in [5.41, 5.74) is 3.31. The van der Waals surface area contributed by atoms with Crippen molar-refractivity contribution in [1.82, 2.24) is 5.43 Å². The number of fused-ring (bicyclic) bond motifs is 2. The lowest BCUT2D eigenvalue weighted by Gasteiger charge is -2.16. The van der Waals surface area contributed by atoms with Crippen LogP contribution in [0.4, 0.5) is 10.5 Å². The Morgan fingerprint density at radius 2 is 2.00 bits per heavy atom. The number of para-hydroxylation sites is 1. The second-order valence-electron chi connectivity index (χ2n) is 7.40. The Bertz CT molecular complexity index is 673. The predicted octanol–water partition coefficient (Wildman–Crippen LogP) is 5.05. The van der Waals surface area contributed by atoms with Gasteiger partial charge >= 0.3 is 12.0 Å². The Morgan fingerprint density at radius 3 is 2.61 bits per heavy atom. The number of aliphatic carboxylic acids is 1. The van der Waals surface area contributed by atoms with Crippen LogP contribution in [-0.2, 0) is 4.79 Å². The van der Waals surface area contributed by atoms with E-state index in [0.717, 1.165) is 30.4 Å². The molecule has 3 rings (SSSR count). The average Bonchev–Trinajstić information content (AvgIpc) is 3.30. The molecule has 152 valence electrons. The standard InChI is InChI=1S/C15H19N3O.C7H12O2/c19-15(17-14-4-2-1-3-5-14)18-16-10-13-9-11-6-7-12(13)8-11;1-2-3-4-5-6-7(8)9/h1-5,10-13H,6-9H2,(H2,17,18,19);2-3H,4-6H2,1H3,(H,8,9)/b16-10+;3-2-/t11-,12+,13-;/m0./s1. The summed E-state index contributed by atoms with van der Waals surface area (Å²) in [6.45, 7) is 1.93. The number of nitrogens with one attached hydrogen (secondary N) is 2. The fourth-order valence-corrected chi connectivity index (χ4v) is 3.89. The summed E-state index contributed by atoms with van der Waals surface area (Å²) in [4.78, 5) is 21.5. The zero-order chi connectivity index (χ0) is 20.2. The minimum atomic E-state index is -0.709. The second kappa shape index (κ2) is 12.0. The molecule has 2 aliphatic carbocycles. The number of carboxylic acids is 1. The Labute approximate surface area is 167 Å². The van der Waals surface area contributed by atoms with E-state index in [0.29, 0.717) is 5.92 Å². The number of hydrogen-bond acceptors (Lipinski definition) is 3. The van der Waals surface area contributed by atoms with Crippen LogP contribution in [-0.4, -0.2) is 23.3 Å². The Morgan fingerprint density at radius 1 is 1.21 bits per heavy atom. The first-order valence-electron chi connectivity index (χ1n) is 10.1. The topological polar surface area (TPSA) is 90.8 Å². The van der Waals surface area contributed by atoms with Gasteiger partial charge in [-0.05, 0) is 68.9 Å². The molecule has 2 bridgehead atoms. The van der Waals surface area contributed by atoms with Crippen molar-refractivity contribution in [2.75, 3.05) is 5.32 Å². The van der Waals surface area contributed by atoms with Crippen LogP contribution in [0.3, 0.4) is 0 Å². The lowest BCUT2D eigenvalue weighted by molar-refractivity contribution is -0.137. The van der Waals surface area contributed by atoms with E-state index >= 15 is 0 Å². The van der Waals surface area contributed by atoms with Crippen molar-refractivity contribution in [2.24, 2.45) is 22.9 Å². The maximum absolute atomic E-state index is 11.6. The summed E-state index contributed by atoms with van der Waals surface area (Å²) in [6, 6.07) is 9.09. The third-order valence-electron chi connectivity index (χ3n) is 5.25. The molecule has 0 aromatic heterocycles. The van der Waals surface area contributed by atoms with Gasteiger partial charge in [0.25, 0.3) is 0 Å². The molecule has 2 amide bonds. The number of allylic oxidation sites excluding steroid dienone is 2. The third kappa shape index (κ3) is 7.94. The molecule has 0 saturated heterocycles. The van der Waals surface area contributed by atoms with Crippen LogP contribution in [0.5, 0.6) is 0 Å². The molecule has 6 nitrogen and oxygen atoms in total. The van der Waals surface area contributed by atoms with Crippen LogP contribution in [0.2, 0.25) is 0 Å². The van der Waals surface area contributed by atoms with E-state index < -0.39 is 5.97 Å². The smallest absolute Gasteiger partial charge is 0.339 e. The molecule has 0 aliphatic heterocycles. The van der Waals surface area contributed by atoms with Gasteiger partial charge in [-0.2, -0.15) is 5.10 Å². The van der Waals surface area contributed by atoms with Crippen molar-refractivity contribution < 1.29 is 14.7 Å². The molecule has 1 aromatic carbocycles. The molecule has 3 atom stereocenters. The van der Waals surface area contributed by atoms with E-state index in [1.54, 1.807) is 0 Å². The van der Waals surface area contributed by atoms with Crippen LogP contribution < -0.4 is 10.7 Å². The highest BCUT2D eigenvalue weighted by Crippen LogP contribution is 2.47. The summed E-state index contributed by atoms with van der Waals surface area (Å²) < 4.78 is 0. The first-order chi connectivity index (χ1) is 13.6. The Hall–Kier alpha value is -2.63. The molecule has 1 aromatic rings. The normalized spacial score (nSPS) is 22.8. The van der Waals surface area contributed by atoms with Crippen molar-refractivity contribution in [1.29, 1.82) is 0 Å². The monoisotopic (exact) mass is 385 g/mol. The van der Waals surface area contributed by atoms with E-state index in [9.17, 15) is 9.59 Å². The molecular weight excluding hydrogens is 354 g/mol. The second-order valence-corrected chi connectivity index (χ2v) is 7.40. The highest BCUT2D eigenvalue weighted by molar-refractivity contribution is 5.89. The van der Waals surface area contributed by atoms with Gasteiger partial charge in [-0.3, -0.25) is 4.79 Å². The molecule has 0 spiro atoms. The van der Waals surface area contributed by atoms with Crippen LogP contribution in [0.1, 0.15) is 51.9 Å². The minimum Gasteiger partial charge on any atom is -0.481 e. The summed E-state index contributed by atoms with van der Waals surface area (Å²) >= 11 is 0. The van der Waals surface area contributed by atoms with Crippen LogP contribution in [0.15, 0.2) is 47.6 Å². The molecule has 28 heavy (non-hydrogen) atoms. The maximum atomic E-state index is 11.6. The van der Waals surface area contributed by atoms with Crippen molar-refractivity contribution >= 4 is 23.9 Å². The van der Waals surface area contributed by atoms with Crippen LogP contribution in [0, 0.1) is 17.8 Å². The van der Waals surface area contributed by atoms with Crippen molar-refractivity contribution in [3.8, 4) is 0 Å². The number of benzene rings is 1. The number of carboxylic acid groups (broad SMARTS) is 1. The number of hydrazone groups is 1. The van der Waals surface area contributed by atoms with Crippen LogP contribution in [0.25, 0.3) is 0 Å². The molecule has 2 saturated carbocycles. The van der Waals surface area contributed by atoms with Crippen molar-refractivity contribution in [3.63, 3.8) is 0 Å². The SMILES string of the molecule is C/C=C\CCCC(=O)O.O=C(N/N=C/[C@@H]1C[C@H]2CC[C@@H]1C2)Nc1ccccc1. The molecule has 2 aliphatic rings. The summed E-state index contributed by atoms with van der Waals surface area (Å²) in [6.07, 6.45) is 13.1. The molecule has 0 radical (unpaired) electrons. The number of unbranched alkanes of at least 4 members (excludes halogenated alkanes) is 1. The summed E-state index contributed by atoms with van der Waals surface area (Å²) in [5.74, 6) is 1.56. The summed E-state index contributed by atoms with van der Waals surface area (Å²) in [7, 11) is 0. The highest BCUT2D eigenvalue weighted by atomic mass is 16.4. The number of hydrogen-bond donors (Lipinski definition) is 3. The van der Waals surface area contributed by atoms with E-state index in [1.165, 1.54) is 25.7 Å². The molecule has 3 N–H and O–H groups in total. The molecule has 6 heteroatoms. The lowest BCUT2D eigenvalue weighted by Crippen LogP contribution is -2.25. The molecular formula is C22H31N3O3. The van der Waals surface area contributed by atoms with E-state index in [4.69, 9.17) is 5.11 Å². The van der Waals surface area contributed by atoms with E-state index in [2.05, 4.69) is 15.8 Å². The first kappa shape index (κ1) is 21.7. The Balaban J connectivity index is 0.000000266. The van der Waals surface area contributed by atoms with Gasteiger partial charge in [0.1, 0.15) is 0 Å². The molecule has 0 unspecified atom stereocenters. The first-order valence-corrected chi connectivity index (χ1v) is 10.1. The van der Waals surface area contributed by atoms with Gasteiger partial charge in [-0.25, -0.2) is 10.2 Å². The van der Waals surface area contributed by atoms with Crippen molar-refractivity contribution in [2.45, 2.75) is 51.9 Å². The number of amides is 2. The van der Waals surface area contributed by atoms with Crippen LogP contribution >= 0.6 is 0 Å². The summed E-state index contributed by atoms with van der Waals surface area (Å²) in [5, 5.41) is 15.0. The van der Waals surface area contributed by atoms with E-state index in [1.807, 2.05) is 55.6 Å². The largest absolute Gasteiger partial charge is 0.481 e. The van der Waals surface area contributed by atoms with Gasteiger partial charge in [0.2, 0.25) is 0 Å². The molecule has 0 heterocycles. The van der Waals surface area contributed by atoms with Gasteiger partial charge in [0.05, 0.1) is 0 Å². The fourth-order valence-electron chi connectivity index (χ4n) is 3.89. The van der Waals surface area contributed by atoms with Gasteiger partial charge < -0.3 is 10.4 Å². The third-order valence-corrected chi connectivity index (χ3v) is 5.25. The zero-order valence-corrected chi connectivity index (χ0v) is 16.5. The molecule has 2 fully saturated rings. The van der Waals surface area contributed by atoms with Gasteiger partial charge in [-0.15, -0.1) is 0 Å². The van der Waals surface area contributed by atoms with Gasteiger partial charge in [0.15, 0.2) is 0 Å². The van der Waals surface area contributed by atoms with Crippen molar-refractivity contribution in [3.05, 3.63) is 42.5 Å². The van der Waals surface area contributed by atoms with E-state index in [-0.39, 0.29) is 12.5 Å². The number of carbonyl (C=O) groups is 2. The quantitative estimate of drug-likeness (QED) is 0.265. The zero-order valence-electron chi connectivity index (χ0n) is 16.5.